The van der Waals surface area contributed by atoms with Crippen molar-refractivity contribution in [3.63, 3.8) is 0 Å². The molecule has 0 aliphatic carbocycles. The van der Waals surface area contributed by atoms with Crippen LogP contribution >= 0.6 is 0 Å². The van der Waals surface area contributed by atoms with Crippen LogP contribution in [-0.4, -0.2) is 67.1 Å². The molecule has 28 heavy (non-hydrogen) atoms. The number of aromatic nitrogens is 6. The Morgan fingerprint density at radius 1 is 1.04 bits per heavy atom. The summed E-state index contributed by atoms with van der Waals surface area (Å²) in [6.07, 6.45) is 10.5. The number of imidazole rings is 1. The van der Waals surface area contributed by atoms with Gasteiger partial charge < -0.3 is 15.2 Å². The van der Waals surface area contributed by atoms with Gasteiger partial charge in [0.1, 0.15) is 5.52 Å². The number of hydrogen-bond donors (Lipinski definition) is 1. The van der Waals surface area contributed by atoms with Gasteiger partial charge >= 0.3 is 0 Å². The monoisotopic (exact) mass is 373 g/mol. The molecule has 3 aromatic rings. The number of piperazine rings is 1. The van der Waals surface area contributed by atoms with E-state index in [1.807, 2.05) is 6.07 Å². The van der Waals surface area contributed by atoms with E-state index in [-0.39, 0.29) is 0 Å². The van der Waals surface area contributed by atoms with E-state index in [1.54, 1.807) is 23.3 Å². The Hall–Kier alpha value is -3.69. The highest BCUT2D eigenvalue weighted by Gasteiger charge is 2.17. The highest BCUT2D eigenvalue weighted by molar-refractivity contribution is 5.82. The van der Waals surface area contributed by atoms with Gasteiger partial charge in [-0.3, -0.25) is 4.90 Å². The Labute approximate surface area is 162 Å². The van der Waals surface area contributed by atoms with E-state index in [2.05, 4.69) is 52.5 Å². The Morgan fingerprint density at radius 2 is 1.82 bits per heavy atom. The second-order valence-electron chi connectivity index (χ2n) is 6.30. The van der Waals surface area contributed by atoms with Gasteiger partial charge in [-0.2, -0.15) is 0 Å². The van der Waals surface area contributed by atoms with Crippen LogP contribution in [0.15, 0.2) is 24.8 Å². The van der Waals surface area contributed by atoms with Crippen molar-refractivity contribution in [1.29, 1.82) is 0 Å². The molecular weight excluding hydrogens is 354 g/mol. The Balaban J connectivity index is 1.40. The minimum absolute atomic E-state index is 0.307. The molecule has 0 bridgehead atoms. The third-order valence-corrected chi connectivity index (χ3v) is 4.46. The fraction of sp³-hybridized carbons (Fsp3) is 0.316. The van der Waals surface area contributed by atoms with Gasteiger partial charge in [0.25, 0.3) is 0 Å². The van der Waals surface area contributed by atoms with Crippen molar-refractivity contribution in [2.45, 2.75) is 6.54 Å². The number of rotatable bonds is 3. The van der Waals surface area contributed by atoms with Crippen LogP contribution in [-0.2, 0) is 6.54 Å². The second kappa shape index (κ2) is 7.91. The third-order valence-electron chi connectivity index (χ3n) is 4.46. The van der Waals surface area contributed by atoms with Crippen molar-refractivity contribution in [3.05, 3.63) is 30.6 Å². The molecule has 4 heterocycles. The average Bonchev–Trinajstić information content (AvgIpc) is 3.13. The molecule has 0 radical (unpaired) electrons. The molecule has 1 aliphatic heterocycles. The van der Waals surface area contributed by atoms with Gasteiger partial charge in [0.15, 0.2) is 11.5 Å². The predicted molar refractivity (Wildman–Crippen MR) is 106 cm³/mol. The first-order valence-electron chi connectivity index (χ1n) is 8.89. The van der Waals surface area contributed by atoms with Crippen LogP contribution in [0.25, 0.3) is 11.2 Å². The lowest BCUT2D eigenvalue weighted by Crippen LogP contribution is -2.47. The molecule has 0 amide bonds. The molecule has 0 spiro atoms. The first-order chi connectivity index (χ1) is 13.7. The maximum absolute atomic E-state index is 5.98. The highest BCUT2D eigenvalue weighted by atomic mass is 15.3. The summed E-state index contributed by atoms with van der Waals surface area (Å²) in [5.74, 6) is 10.2. The number of terminal acetylenes is 1. The van der Waals surface area contributed by atoms with E-state index < -0.39 is 0 Å². The van der Waals surface area contributed by atoms with Crippen molar-refractivity contribution in [1.82, 2.24) is 34.4 Å². The van der Waals surface area contributed by atoms with Crippen LogP contribution in [0.1, 0.15) is 5.82 Å². The van der Waals surface area contributed by atoms with Gasteiger partial charge in [0.2, 0.25) is 11.8 Å². The lowest BCUT2D eigenvalue weighted by Gasteiger charge is -2.33. The summed E-state index contributed by atoms with van der Waals surface area (Å²) in [6.45, 7) is 4.52. The standard InChI is InChI=1S/C19H19N9/c1-2-8-28-14-23-16-17(20)24-15(25-18(16)28)5-3-9-26-10-12-27(13-11-26)19-21-6-4-7-22-19/h1,4,6-7,14H,8-13H2,(H2,20,24,25). The minimum atomic E-state index is 0.307. The third kappa shape index (κ3) is 3.70. The molecule has 0 unspecified atom stereocenters. The van der Waals surface area contributed by atoms with E-state index in [4.69, 9.17) is 12.2 Å². The van der Waals surface area contributed by atoms with Gasteiger partial charge in [0.05, 0.1) is 19.4 Å². The second-order valence-corrected chi connectivity index (χ2v) is 6.30. The lowest BCUT2D eigenvalue weighted by atomic mass is 10.3. The summed E-state index contributed by atoms with van der Waals surface area (Å²) >= 11 is 0. The first-order valence-corrected chi connectivity index (χ1v) is 8.89. The van der Waals surface area contributed by atoms with Crippen LogP contribution in [0.3, 0.4) is 0 Å². The summed E-state index contributed by atoms with van der Waals surface area (Å²) in [5, 5.41) is 0. The van der Waals surface area contributed by atoms with E-state index >= 15 is 0 Å². The summed E-state index contributed by atoms with van der Waals surface area (Å²) in [6, 6.07) is 1.82. The van der Waals surface area contributed by atoms with E-state index in [9.17, 15) is 0 Å². The molecule has 0 aromatic carbocycles. The zero-order valence-electron chi connectivity index (χ0n) is 15.3. The molecule has 3 aromatic heterocycles. The quantitative estimate of drug-likeness (QED) is 0.641. The maximum atomic E-state index is 5.98. The van der Waals surface area contributed by atoms with E-state index in [1.165, 1.54) is 0 Å². The minimum Gasteiger partial charge on any atom is -0.382 e. The lowest BCUT2D eigenvalue weighted by molar-refractivity contribution is 0.286. The maximum Gasteiger partial charge on any atom is 0.225 e. The Bertz CT molecular complexity index is 1060. The molecule has 0 atom stereocenters. The van der Waals surface area contributed by atoms with Crippen molar-refractivity contribution in [3.8, 4) is 24.2 Å². The molecule has 1 aliphatic rings. The van der Waals surface area contributed by atoms with Crippen molar-refractivity contribution in [2.24, 2.45) is 0 Å². The molecule has 9 nitrogen and oxygen atoms in total. The fourth-order valence-corrected chi connectivity index (χ4v) is 3.03. The van der Waals surface area contributed by atoms with Crippen LogP contribution in [0, 0.1) is 24.2 Å². The van der Waals surface area contributed by atoms with Crippen LogP contribution in [0.5, 0.6) is 0 Å². The summed E-state index contributed by atoms with van der Waals surface area (Å²) in [7, 11) is 0. The zero-order valence-corrected chi connectivity index (χ0v) is 15.3. The summed E-state index contributed by atoms with van der Waals surface area (Å²) in [5.41, 5.74) is 7.12. The molecule has 2 N–H and O–H groups in total. The van der Waals surface area contributed by atoms with Gasteiger partial charge in [0, 0.05) is 38.6 Å². The number of nitrogens with two attached hydrogens (primary N) is 1. The average molecular weight is 373 g/mol. The number of anilines is 2. The summed E-state index contributed by atoms with van der Waals surface area (Å²) < 4.78 is 1.75. The predicted octanol–water partition coefficient (Wildman–Crippen LogP) is 0.00540. The van der Waals surface area contributed by atoms with Crippen molar-refractivity contribution >= 4 is 22.9 Å². The van der Waals surface area contributed by atoms with Gasteiger partial charge in [-0.1, -0.05) is 11.8 Å². The molecule has 1 saturated heterocycles. The van der Waals surface area contributed by atoms with Crippen molar-refractivity contribution < 1.29 is 0 Å². The fourth-order valence-electron chi connectivity index (χ4n) is 3.03. The van der Waals surface area contributed by atoms with Gasteiger partial charge in [-0.15, -0.1) is 6.42 Å². The Morgan fingerprint density at radius 3 is 2.57 bits per heavy atom. The van der Waals surface area contributed by atoms with E-state index in [0.717, 1.165) is 32.1 Å². The normalized spacial score (nSPS) is 14.5. The largest absolute Gasteiger partial charge is 0.382 e. The van der Waals surface area contributed by atoms with Gasteiger partial charge in [-0.05, 0) is 12.0 Å². The number of hydrogen-bond acceptors (Lipinski definition) is 8. The molecular formula is C19H19N9. The van der Waals surface area contributed by atoms with Crippen molar-refractivity contribution in [2.75, 3.05) is 43.4 Å². The number of fused-ring (bicyclic) bond motifs is 1. The molecule has 9 heteroatoms. The number of nitrogens with zero attached hydrogens (tertiary/aromatic N) is 8. The smallest absolute Gasteiger partial charge is 0.225 e. The Kier molecular flexibility index (Phi) is 5.00. The van der Waals surface area contributed by atoms with Gasteiger partial charge in [-0.25, -0.2) is 24.9 Å². The molecule has 140 valence electrons. The number of nitrogen functional groups attached to an aromatic ring is 1. The van der Waals surface area contributed by atoms with Crippen LogP contribution in [0.4, 0.5) is 11.8 Å². The highest BCUT2D eigenvalue weighted by Crippen LogP contribution is 2.15. The topological polar surface area (TPSA) is 102 Å². The molecule has 1 fully saturated rings. The SMILES string of the molecule is C#CCn1cnc2c(N)nc(C#CCN3CCN(c4ncccn4)CC3)nc21. The van der Waals surface area contributed by atoms with Crippen LogP contribution < -0.4 is 10.6 Å². The zero-order chi connectivity index (χ0) is 19.3. The first kappa shape index (κ1) is 17.7. The van der Waals surface area contributed by atoms with Crippen LogP contribution in [0.2, 0.25) is 0 Å². The molecule has 0 saturated carbocycles. The molecule has 4 rings (SSSR count). The summed E-state index contributed by atoms with van der Waals surface area (Å²) in [4.78, 5) is 25.9. The van der Waals surface area contributed by atoms with E-state index in [0.29, 0.717) is 35.9 Å².